The van der Waals surface area contributed by atoms with E-state index in [9.17, 15) is 8.42 Å². The number of methoxy groups -OCH3 is 3. The van der Waals surface area contributed by atoms with E-state index in [4.69, 9.17) is 14.2 Å². The standard InChI is InChI=1S/C19H22N2O5S2/c1-24-15-7-5-14(6-8-15)21(19-20-11-4-12-27-19)28(22,23)16-9-10-17(25-2)18(13-16)26-3/h5-10,13H,4,11-12H2,1-3H3. The molecule has 0 saturated heterocycles. The summed E-state index contributed by atoms with van der Waals surface area (Å²) in [5, 5.41) is 0.450. The van der Waals surface area contributed by atoms with Gasteiger partial charge in [0, 0.05) is 18.4 Å². The zero-order valence-electron chi connectivity index (χ0n) is 15.9. The van der Waals surface area contributed by atoms with Crippen molar-refractivity contribution >= 4 is 32.6 Å². The Bertz CT molecular complexity index is 959. The fourth-order valence-corrected chi connectivity index (χ4v) is 5.41. The Kier molecular flexibility index (Phi) is 6.35. The molecule has 0 fully saturated rings. The molecule has 7 nitrogen and oxygen atoms in total. The first kappa shape index (κ1) is 20.3. The number of benzene rings is 2. The van der Waals surface area contributed by atoms with E-state index in [1.165, 1.54) is 42.4 Å². The van der Waals surface area contributed by atoms with Gasteiger partial charge >= 0.3 is 0 Å². The second-order valence-electron chi connectivity index (χ2n) is 5.85. The molecule has 0 N–H and O–H groups in total. The number of sulfonamides is 1. The molecule has 0 atom stereocenters. The van der Waals surface area contributed by atoms with Crippen molar-refractivity contribution in [2.24, 2.45) is 4.99 Å². The second-order valence-corrected chi connectivity index (χ2v) is 8.70. The lowest BCUT2D eigenvalue weighted by Gasteiger charge is -2.27. The summed E-state index contributed by atoms with van der Waals surface area (Å²) < 4.78 is 44.1. The molecule has 0 unspecified atom stereocenters. The predicted octanol–water partition coefficient (Wildman–Crippen LogP) is 3.40. The molecular weight excluding hydrogens is 400 g/mol. The van der Waals surface area contributed by atoms with E-state index in [-0.39, 0.29) is 4.90 Å². The zero-order chi connectivity index (χ0) is 20.1. The molecule has 0 spiro atoms. The Labute approximate surface area is 169 Å². The lowest BCUT2D eigenvalue weighted by atomic mass is 10.3. The minimum Gasteiger partial charge on any atom is -0.497 e. The molecular formula is C19H22N2O5S2. The average Bonchev–Trinajstić information content (AvgIpc) is 2.74. The summed E-state index contributed by atoms with van der Waals surface area (Å²) in [6.45, 7) is 0.594. The van der Waals surface area contributed by atoms with Crippen molar-refractivity contribution in [3.63, 3.8) is 0 Å². The van der Waals surface area contributed by atoms with E-state index in [1.54, 1.807) is 37.4 Å². The number of ether oxygens (including phenoxy) is 3. The van der Waals surface area contributed by atoms with Crippen LogP contribution < -0.4 is 18.5 Å². The molecule has 0 aromatic heterocycles. The molecule has 0 bridgehead atoms. The van der Waals surface area contributed by atoms with Gasteiger partial charge in [-0.05, 0) is 42.8 Å². The highest BCUT2D eigenvalue weighted by molar-refractivity contribution is 8.15. The minimum absolute atomic E-state index is 0.0924. The van der Waals surface area contributed by atoms with Crippen molar-refractivity contribution < 1.29 is 22.6 Å². The van der Waals surface area contributed by atoms with Crippen molar-refractivity contribution in [3.05, 3.63) is 42.5 Å². The van der Waals surface area contributed by atoms with Crippen molar-refractivity contribution in [1.82, 2.24) is 0 Å². The van der Waals surface area contributed by atoms with Gasteiger partial charge in [0.05, 0.1) is 31.9 Å². The predicted molar refractivity (Wildman–Crippen MR) is 112 cm³/mol. The maximum absolute atomic E-state index is 13.6. The van der Waals surface area contributed by atoms with Crippen LogP contribution in [0.15, 0.2) is 52.4 Å². The van der Waals surface area contributed by atoms with Crippen LogP contribution in [-0.2, 0) is 10.0 Å². The monoisotopic (exact) mass is 422 g/mol. The van der Waals surface area contributed by atoms with Gasteiger partial charge in [-0.15, -0.1) is 0 Å². The van der Waals surface area contributed by atoms with Crippen LogP contribution in [0.3, 0.4) is 0 Å². The Balaban J connectivity index is 2.11. The number of rotatable bonds is 6. The van der Waals surface area contributed by atoms with Crippen LogP contribution in [0.5, 0.6) is 17.2 Å². The van der Waals surface area contributed by atoms with Gasteiger partial charge in [0.1, 0.15) is 5.75 Å². The van der Waals surface area contributed by atoms with E-state index >= 15 is 0 Å². The molecule has 1 heterocycles. The Morgan fingerprint density at radius 2 is 1.68 bits per heavy atom. The van der Waals surface area contributed by atoms with Crippen LogP contribution >= 0.6 is 11.8 Å². The highest BCUT2D eigenvalue weighted by atomic mass is 32.2. The summed E-state index contributed by atoms with van der Waals surface area (Å²) >= 11 is 1.42. The van der Waals surface area contributed by atoms with E-state index in [0.717, 1.165) is 12.2 Å². The third-order valence-corrected chi connectivity index (χ3v) is 7.05. The Morgan fingerprint density at radius 1 is 0.964 bits per heavy atom. The minimum atomic E-state index is -3.93. The van der Waals surface area contributed by atoms with Gasteiger partial charge in [-0.3, -0.25) is 4.99 Å². The van der Waals surface area contributed by atoms with E-state index in [0.29, 0.717) is 34.6 Å². The molecule has 2 aromatic carbocycles. The van der Waals surface area contributed by atoms with Crippen molar-refractivity contribution in [3.8, 4) is 17.2 Å². The van der Waals surface area contributed by atoms with Gasteiger partial charge in [-0.25, -0.2) is 12.7 Å². The summed E-state index contributed by atoms with van der Waals surface area (Å²) in [5.74, 6) is 2.26. The third kappa shape index (κ3) is 4.05. The smallest absolute Gasteiger partial charge is 0.270 e. The number of amidine groups is 1. The number of hydrogen-bond acceptors (Lipinski definition) is 7. The van der Waals surface area contributed by atoms with Gasteiger partial charge in [0.25, 0.3) is 10.0 Å². The van der Waals surface area contributed by atoms with Gasteiger partial charge < -0.3 is 14.2 Å². The quantitative estimate of drug-likeness (QED) is 0.710. The van der Waals surface area contributed by atoms with Crippen molar-refractivity contribution in [1.29, 1.82) is 0 Å². The van der Waals surface area contributed by atoms with E-state index < -0.39 is 10.0 Å². The Morgan fingerprint density at radius 3 is 2.25 bits per heavy atom. The highest BCUT2D eigenvalue weighted by Gasteiger charge is 2.31. The molecule has 1 aliphatic heterocycles. The van der Waals surface area contributed by atoms with Crippen molar-refractivity contribution in [2.75, 3.05) is 37.9 Å². The van der Waals surface area contributed by atoms with Crippen LogP contribution in [0.25, 0.3) is 0 Å². The summed E-state index contributed by atoms with van der Waals surface area (Å²) in [5.41, 5.74) is 0.490. The van der Waals surface area contributed by atoms with Crippen molar-refractivity contribution in [2.45, 2.75) is 11.3 Å². The summed E-state index contributed by atoms with van der Waals surface area (Å²) in [6, 6.07) is 11.4. The van der Waals surface area contributed by atoms with E-state index in [2.05, 4.69) is 4.99 Å². The molecule has 2 aromatic rings. The molecule has 1 aliphatic rings. The second kappa shape index (κ2) is 8.74. The molecule has 0 amide bonds. The average molecular weight is 423 g/mol. The van der Waals surface area contributed by atoms with Crippen LogP contribution in [0.2, 0.25) is 0 Å². The zero-order valence-corrected chi connectivity index (χ0v) is 17.5. The lowest BCUT2D eigenvalue weighted by Crippen LogP contribution is -2.36. The van der Waals surface area contributed by atoms with Crippen LogP contribution in [0.1, 0.15) is 6.42 Å². The topological polar surface area (TPSA) is 77.4 Å². The molecule has 9 heteroatoms. The lowest BCUT2D eigenvalue weighted by molar-refractivity contribution is 0.354. The number of hydrogen-bond donors (Lipinski definition) is 0. The van der Waals surface area contributed by atoms with Crippen LogP contribution in [-0.4, -0.2) is 47.2 Å². The number of thioether (sulfide) groups is 1. The normalized spacial score (nSPS) is 14.2. The SMILES string of the molecule is COc1ccc(N(C2=NCCCS2)S(=O)(=O)c2ccc(OC)c(OC)c2)cc1. The molecule has 3 rings (SSSR count). The summed E-state index contributed by atoms with van der Waals surface area (Å²) in [7, 11) is 0.610. The molecule has 150 valence electrons. The van der Waals surface area contributed by atoms with Gasteiger partial charge in [0.2, 0.25) is 0 Å². The summed E-state index contributed by atoms with van der Waals surface area (Å²) in [4.78, 5) is 4.55. The largest absolute Gasteiger partial charge is 0.497 e. The van der Waals surface area contributed by atoms with Crippen LogP contribution in [0.4, 0.5) is 5.69 Å². The van der Waals surface area contributed by atoms with Gasteiger partial charge in [-0.1, -0.05) is 11.8 Å². The summed E-state index contributed by atoms with van der Waals surface area (Å²) in [6.07, 6.45) is 0.918. The van der Waals surface area contributed by atoms with Gasteiger partial charge in [0.15, 0.2) is 16.7 Å². The fraction of sp³-hybridized carbons (Fsp3) is 0.316. The third-order valence-electron chi connectivity index (χ3n) is 4.15. The maximum atomic E-state index is 13.6. The number of anilines is 1. The molecule has 0 radical (unpaired) electrons. The first-order chi connectivity index (χ1) is 13.5. The van der Waals surface area contributed by atoms with E-state index in [1.807, 2.05) is 0 Å². The van der Waals surface area contributed by atoms with Crippen LogP contribution in [0, 0.1) is 0 Å². The first-order valence-electron chi connectivity index (χ1n) is 8.60. The molecule has 0 aliphatic carbocycles. The first-order valence-corrected chi connectivity index (χ1v) is 11.0. The highest BCUT2D eigenvalue weighted by Crippen LogP contribution is 2.34. The molecule has 28 heavy (non-hydrogen) atoms. The number of nitrogens with zero attached hydrogens (tertiary/aromatic N) is 2. The maximum Gasteiger partial charge on any atom is 0.270 e. The van der Waals surface area contributed by atoms with Gasteiger partial charge in [-0.2, -0.15) is 0 Å². The number of aliphatic imine (C=N–C) groups is 1. The Hall–Kier alpha value is -2.39. The molecule has 0 saturated carbocycles. The fourth-order valence-electron chi connectivity index (χ4n) is 2.72.